The number of hydrogen-bond donors (Lipinski definition) is 1. The summed E-state index contributed by atoms with van der Waals surface area (Å²) < 4.78 is 120. The predicted octanol–water partition coefficient (Wildman–Crippen LogP) is 1.31. The van der Waals surface area contributed by atoms with E-state index in [-0.39, 0.29) is 6.61 Å². The first-order valence-corrected chi connectivity index (χ1v) is 10.4. The van der Waals surface area contributed by atoms with Crippen molar-refractivity contribution in [1.29, 1.82) is 0 Å². The molecule has 0 aromatic heterocycles. The van der Waals surface area contributed by atoms with Crippen molar-refractivity contribution < 1.29 is 53.0 Å². The van der Waals surface area contributed by atoms with E-state index in [1.807, 2.05) is 0 Å². The molecule has 0 aliphatic heterocycles. The Morgan fingerprint density at radius 2 is 1.42 bits per heavy atom. The molecule has 0 saturated carbocycles. The molecular formula is C9H14F6O6S3. The second kappa shape index (κ2) is 8.42. The lowest BCUT2D eigenvalue weighted by Gasteiger charge is -2.23. The van der Waals surface area contributed by atoms with Crippen LogP contribution in [-0.4, -0.2) is 68.9 Å². The minimum Gasteiger partial charge on any atom is -0.391 e. The first kappa shape index (κ1) is 23.8. The van der Waals surface area contributed by atoms with E-state index >= 15 is 0 Å². The lowest BCUT2D eigenvalue weighted by atomic mass is 10.3. The minimum atomic E-state index is -6.74. The Balaban J connectivity index is 5.55. The van der Waals surface area contributed by atoms with Crippen molar-refractivity contribution in [2.24, 2.45) is 0 Å². The van der Waals surface area contributed by atoms with Crippen molar-refractivity contribution in [3.63, 3.8) is 0 Å². The molecular weight excluding hydrogens is 414 g/mol. The lowest BCUT2D eigenvalue weighted by Crippen LogP contribution is -2.46. The van der Waals surface area contributed by atoms with Gasteiger partial charge in [0.15, 0.2) is 4.58 Å². The molecule has 0 aromatic carbocycles. The summed E-state index contributed by atoms with van der Waals surface area (Å²) in [5.41, 5.74) is -12.5. The lowest BCUT2D eigenvalue weighted by molar-refractivity contribution is -0.0480. The van der Waals surface area contributed by atoms with Gasteiger partial charge in [0.05, 0.1) is 19.3 Å². The molecule has 0 amide bonds. The SMILES string of the molecule is CSCCOCC(O)CC(S(=O)(=O)C(F)(F)F)S(=O)(=O)C(F)(F)F. The zero-order valence-electron chi connectivity index (χ0n) is 12.0. The number of sulfone groups is 2. The summed E-state index contributed by atoms with van der Waals surface area (Å²) in [5.74, 6) is 0.387. The van der Waals surface area contributed by atoms with Gasteiger partial charge in [-0.05, 0) is 6.26 Å². The maximum Gasteiger partial charge on any atom is 0.498 e. The van der Waals surface area contributed by atoms with Gasteiger partial charge in [-0.25, -0.2) is 16.8 Å². The number of aliphatic hydroxyl groups is 1. The molecule has 6 nitrogen and oxygen atoms in total. The molecule has 0 fully saturated rings. The number of hydrogen-bond acceptors (Lipinski definition) is 7. The highest BCUT2D eigenvalue weighted by Crippen LogP contribution is 2.38. The first-order valence-electron chi connectivity index (χ1n) is 5.94. The Bertz CT molecular complexity index is 552. The molecule has 0 saturated heterocycles. The molecule has 1 atom stereocenters. The highest BCUT2D eigenvalue weighted by atomic mass is 32.3. The van der Waals surface area contributed by atoms with E-state index in [0.29, 0.717) is 5.75 Å². The largest absolute Gasteiger partial charge is 0.498 e. The van der Waals surface area contributed by atoms with E-state index < -0.39 is 54.4 Å². The van der Waals surface area contributed by atoms with Gasteiger partial charge in [-0.3, -0.25) is 0 Å². The van der Waals surface area contributed by atoms with E-state index in [9.17, 15) is 48.3 Å². The second-order valence-corrected chi connectivity index (χ2v) is 9.90. The van der Waals surface area contributed by atoms with Gasteiger partial charge in [-0.15, -0.1) is 0 Å². The van der Waals surface area contributed by atoms with Crippen LogP contribution in [0.15, 0.2) is 0 Å². The van der Waals surface area contributed by atoms with Crippen molar-refractivity contribution in [3.05, 3.63) is 0 Å². The molecule has 24 heavy (non-hydrogen) atoms. The van der Waals surface area contributed by atoms with Crippen molar-refractivity contribution in [3.8, 4) is 0 Å². The van der Waals surface area contributed by atoms with Crippen LogP contribution >= 0.6 is 11.8 Å². The molecule has 0 aliphatic rings. The molecule has 0 radical (unpaired) electrons. The quantitative estimate of drug-likeness (QED) is 0.437. The summed E-state index contributed by atoms with van der Waals surface area (Å²) >= 11 is 1.29. The van der Waals surface area contributed by atoms with Crippen LogP contribution in [0, 0.1) is 0 Å². The zero-order valence-corrected chi connectivity index (χ0v) is 14.4. The van der Waals surface area contributed by atoms with Gasteiger partial charge in [-0.1, -0.05) is 0 Å². The fraction of sp³-hybridized carbons (Fsp3) is 1.00. The van der Waals surface area contributed by atoms with Crippen LogP contribution in [0.4, 0.5) is 26.3 Å². The van der Waals surface area contributed by atoms with Gasteiger partial charge < -0.3 is 9.84 Å². The maximum absolute atomic E-state index is 12.5. The van der Waals surface area contributed by atoms with Gasteiger partial charge in [-0.2, -0.15) is 38.1 Å². The Morgan fingerprint density at radius 1 is 1.00 bits per heavy atom. The van der Waals surface area contributed by atoms with Gasteiger partial charge in [0.1, 0.15) is 0 Å². The number of halogens is 6. The monoisotopic (exact) mass is 428 g/mol. The number of rotatable bonds is 9. The summed E-state index contributed by atoms with van der Waals surface area (Å²) in [5, 5.41) is 9.38. The molecule has 1 unspecified atom stereocenters. The number of alkyl halides is 6. The van der Waals surface area contributed by atoms with E-state index in [1.165, 1.54) is 11.8 Å². The fourth-order valence-electron chi connectivity index (χ4n) is 1.37. The van der Waals surface area contributed by atoms with Crippen molar-refractivity contribution >= 4 is 31.4 Å². The molecule has 0 heterocycles. The van der Waals surface area contributed by atoms with Gasteiger partial charge in [0.25, 0.3) is 19.7 Å². The Labute approximate surface area is 138 Å². The van der Waals surface area contributed by atoms with Crippen LogP contribution in [0.5, 0.6) is 0 Å². The van der Waals surface area contributed by atoms with Crippen LogP contribution < -0.4 is 0 Å². The normalized spacial score (nSPS) is 15.7. The summed E-state index contributed by atoms with van der Waals surface area (Å²) in [6.07, 6.45) is -2.32. The van der Waals surface area contributed by atoms with Gasteiger partial charge in [0.2, 0.25) is 0 Å². The number of thioether (sulfide) groups is 1. The van der Waals surface area contributed by atoms with E-state index in [4.69, 9.17) is 4.74 Å². The van der Waals surface area contributed by atoms with Crippen LogP contribution in [0.25, 0.3) is 0 Å². The van der Waals surface area contributed by atoms with Gasteiger partial charge >= 0.3 is 11.0 Å². The van der Waals surface area contributed by atoms with Crippen molar-refractivity contribution in [1.82, 2.24) is 0 Å². The summed E-state index contributed by atoms with van der Waals surface area (Å²) in [4.78, 5) is 0. The predicted molar refractivity (Wildman–Crippen MR) is 73.6 cm³/mol. The van der Waals surface area contributed by atoms with Gasteiger partial charge in [0, 0.05) is 12.2 Å². The number of aliphatic hydroxyl groups excluding tert-OH is 1. The molecule has 0 rings (SSSR count). The average molecular weight is 428 g/mol. The van der Waals surface area contributed by atoms with Crippen LogP contribution in [0.3, 0.4) is 0 Å². The highest BCUT2D eigenvalue weighted by molar-refractivity contribution is 8.09. The molecule has 0 spiro atoms. The van der Waals surface area contributed by atoms with E-state index in [1.54, 1.807) is 6.26 Å². The Morgan fingerprint density at radius 3 is 1.75 bits per heavy atom. The van der Waals surface area contributed by atoms with Crippen molar-refractivity contribution in [2.45, 2.75) is 28.1 Å². The molecule has 1 N–H and O–H groups in total. The van der Waals surface area contributed by atoms with E-state index in [0.717, 1.165) is 0 Å². The third-order valence-corrected chi connectivity index (χ3v) is 7.70. The summed E-state index contributed by atoms with van der Waals surface area (Å²) in [7, 11) is -13.5. The first-order chi connectivity index (χ1) is 10.6. The van der Waals surface area contributed by atoms with Crippen LogP contribution in [0.1, 0.15) is 6.42 Å². The van der Waals surface area contributed by atoms with Crippen LogP contribution in [0.2, 0.25) is 0 Å². The topological polar surface area (TPSA) is 97.7 Å². The minimum absolute atomic E-state index is 0.0269. The fourth-order valence-corrected chi connectivity index (χ4v) is 5.19. The zero-order chi connectivity index (χ0) is 19.4. The Hall–Kier alpha value is -0.250. The average Bonchev–Trinajstić information content (AvgIpc) is 2.38. The third-order valence-electron chi connectivity index (χ3n) is 2.54. The second-order valence-electron chi connectivity index (χ2n) is 4.37. The van der Waals surface area contributed by atoms with E-state index in [2.05, 4.69) is 0 Å². The molecule has 0 bridgehead atoms. The number of ether oxygens (including phenoxy) is 1. The maximum atomic E-state index is 12.5. The molecule has 0 aliphatic carbocycles. The van der Waals surface area contributed by atoms with Crippen molar-refractivity contribution in [2.75, 3.05) is 25.2 Å². The highest BCUT2D eigenvalue weighted by Gasteiger charge is 2.63. The molecule has 146 valence electrons. The smallest absolute Gasteiger partial charge is 0.391 e. The standard InChI is InChI=1S/C9H14F6O6S3/c1-22-3-2-21-5-6(16)4-7(23(17,18)8(10,11)12)24(19,20)9(13,14)15/h6-7,16H,2-5H2,1H3. The summed E-state index contributed by atoms with van der Waals surface area (Å²) in [6.45, 7) is -0.848. The Kier molecular flexibility index (Phi) is 8.33. The molecule has 15 heteroatoms. The van der Waals surface area contributed by atoms with Crippen LogP contribution in [-0.2, 0) is 24.4 Å². The molecule has 0 aromatic rings. The summed E-state index contributed by atoms with van der Waals surface area (Å²) in [6, 6.07) is 0. The third kappa shape index (κ3) is 5.93.